The first-order valence-corrected chi connectivity index (χ1v) is 8.77. The van der Waals surface area contributed by atoms with E-state index >= 15 is 0 Å². The molecule has 3 rings (SSSR count). The molecule has 24 heavy (non-hydrogen) atoms. The summed E-state index contributed by atoms with van der Waals surface area (Å²) in [5, 5.41) is 8.99. The number of aromatic nitrogens is 1. The van der Waals surface area contributed by atoms with Crippen LogP contribution < -0.4 is 10.6 Å². The summed E-state index contributed by atoms with van der Waals surface area (Å²) in [7, 11) is 0. The molecular formula is C18H16ClN3OS. The molecule has 0 radical (unpaired) electrons. The van der Waals surface area contributed by atoms with E-state index in [9.17, 15) is 4.79 Å². The van der Waals surface area contributed by atoms with E-state index in [1.165, 1.54) is 16.9 Å². The Morgan fingerprint density at radius 1 is 1.08 bits per heavy atom. The van der Waals surface area contributed by atoms with Gasteiger partial charge in [0, 0.05) is 11.9 Å². The van der Waals surface area contributed by atoms with E-state index in [1.54, 1.807) is 11.4 Å². The number of halogens is 1. The van der Waals surface area contributed by atoms with Crippen molar-refractivity contribution in [3.8, 4) is 0 Å². The van der Waals surface area contributed by atoms with E-state index in [2.05, 4.69) is 15.6 Å². The van der Waals surface area contributed by atoms with Crippen molar-refractivity contribution >= 4 is 39.7 Å². The second-order valence-corrected chi connectivity index (χ2v) is 6.40. The van der Waals surface area contributed by atoms with E-state index in [0.29, 0.717) is 22.4 Å². The van der Waals surface area contributed by atoms with Crippen molar-refractivity contribution in [3.05, 3.63) is 76.3 Å². The van der Waals surface area contributed by atoms with Gasteiger partial charge in [-0.3, -0.25) is 4.79 Å². The molecule has 0 spiro atoms. The van der Waals surface area contributed by atoms with Crippen molar-refractivity contribution in [1.82, 2.24) is 10.3 Å². The summed E-state index contributed by atoms with van der Waals surface area (Å²) in [6, 6.07) is 17.5. The number of thiazole rings is 1. The molecule has 0 atom stereocenters. The number of anilines is 2. The van der Waals surface area contributed by atoms with Crippen LogP contribution in [-0.4, -0.2) is 17.4 Å². The van der Waals surface area contributed by atoms with Gasteiger partial charge in [0.05, 0.1) is 10.7 Å². The fourth-order valence-electron chi connectivity index (χ4n) is 2.17. The molecule has 0 aliphatic rings. The Labute approximate surface area is 149 Å². The molecule has 0 aliphatic heterocycles. The highest BCUT2D eigenvalue weighted by Crippen LogP contribution is 2.26. The average molecular weight is 358 g/mol. The number of hydrogen-bond donors (Lipinski definition) is 2. The van der Waals surface area contributed by atoms with Gasteiger partial charge in [-0.15, -0.1) is 11.3 Å². The van der Waals surface area contributed by atoms with Crippen molar-refractivity contribution in [3.63, 3.8) is 0 Å². The highest BCUT2D eigenvalue weighted by atomic mass is 35.5. The predicted octanol–water partition coefficient (Wildman–Crippen LogP) is 4.51. The summed E-state index contributed by atoms with van der Waals surface area (Å²) in [6.07, 6.45) is 0.793. The zero-order chi connectivity index (χ0) is 16.8. The monoisotopic (exact) mass is 357 g/mol. The van der Waals surface area contributed by atoms with Crippen molar-refractivity contribution in [2.75, 3.05) is 11.9 Å². The molecule has 6 heteroatoms. The molecule has 1 aromatic heterocycles. The fraction of sp³-hybridized carbons (Fsp3) is 0.111. The molecule has 1 amide bonds. The number of benzene rings is 2. The number of para-hydroxylation sites is 1. The zero-order valence-corrected chi connectivity index (χ0v) is 14.4. The van der Waals surface area contributed by atoms with Gasteiger partial charge in [0.15, 0.2) is 5.13 Å². The molecule has 1 heterocycles. The van der Waals surface area contributed by atoms with E-state index in [0.717, 1.165) is 12.1 Å². The van der Waals surface area contributed by atoms with Crippen molar-refractivity contribution in [2.24, 2.45) is 0 Å². The van der Waals surface area contributed by atoms with E-state index in [-0.39, 0.29) is 5.91 Å². The van der Waals surface area contributed by atoms with Crippen molar-refractivity contribution in [1.29, 1.82) is 0 Å². The van der Waals surface area contributed by atoms with Crippen LogP contribution >= 0.6 is 22.9 Å². The molecule has 4 nitrogen and oxygen atoms in total. The number of rotatable bonds is 6. The Balaban J connectivity index is 1.55. The molecule has 0 saturated heterocycles. The van der Waals surface area contributed by atoms with Crippen molar-refractivity contribution in [2.45, 2.75) is 6.42 Å². The summed E-state index contributed by atoms with van der Waals surface area (Å²) in [5.41, 5.74) is 2.37. The van der Waals surface area contributed by atoms with Gasteiger partial charge >= 0.3 is 0 Å². The normalized spacial score (nSPS) is 10.4. The quantitative estimate of drug-likeness (QED) is 0.682. The Morgan fingerprint density at radius 3 is 2.62 bits per heavy atom. The van der Waals surface area contributed by atoms with Crippen LogP contribution in [0, 0.1) is 0 Å². The topological polar surface area (TPSA) is 54.0 Å². The van der Waals surface area contributed by atoms with Gasteiger partial charge in [0.2, 0.25) is 0 Å². The second kappa shape index (κ2) is 7.95. The predicted molar refractivity (Wildman–Crippen MR) is 99.3 cm³/mol. The third kappa shape index (κ3) is 4.34. The third-order valence-electron chi connectivity index (χ3n) is 3.39. The summed E-state index contributed by atoms with van der Waals surface area (Å²) >= 11 is 7.47. The van der Waals surface area contributed by atoms with Crippen LogP contribution in [0.3, 0.4) is 0 Å². The largest absolute Gasteiger partial charge is 0.350 e. The van der Waals surface area contributed by atoms with Gasteiger partial charge < -0.3 is 10.6 Å². The second-order valence-electron chi connectivity index (χ2n) is 5.13. The van der Waals surface area contributed by atoms with Crippen LogP contribution in [0.25, 0.3) is 0 Å². The number of carbonyl (C=O) groups excluding carboxylic acids is 1. The lowest BCUT2D eigenvalue weighted by Gasteiger charge is -2.04. The Bertz CT molecular complexity index is 820. The number of carbonyl (C=O) groups is 1. The summed E-state index contributed by atoms with van der Waals surface area (Å²) < 4.78 is 0. The molecule has 2 N–H and O–H groups in total. The van der Waals surface area contributed by atoms with Gasteiger partial charge in [-0.05, 0) is 24.1 Å². The first-order valence-electron chi connectivity index (χ1n) is 7.51. The SMILES string of the molecule is O=C(NCCc1ccccc1)c1csc(Nc2ccccc2Cl)n1. The van der Waals surface area contributed by atoms with Crippen LogP contribution in [0.15, 0.2) is 60.0 Å². The lowest BCUT2D eigenvalue weighted by atomic mass is 10.1. The molecule has 122 valence electrons. The summed E-state index contributed by atoms with van der Waals surface area (Å²) in [6.45, 7) is 0.577. The number of hydrogen-bond acceptors (Lipinski definition) is 4. The fourth-order valence-corrected chi connectivity index (χ4v) is 3.05. The molecule has 0 bridgehead atoms. The van der Waals surface area contributed by atoms with E-state index in [4.69, 9.17) is 11.6 Å². The van der Waals surface area contributed by atoms with Crippen molar-refractivity contribution < 1.29 is 4.79 Å². The van der Waals surface area contributed by atoms with E-state index < -0.39 is 0 Å². The Kier molecular flexibility index (Phi) is 5.46. The van der Waals surface area contributed by atoms with Crippen LogP contribution in [0.2, 0.25) is 5.02 Å². The Morgan fingerprint density at radius 2 is 1.83 bits per heavy atom. The molecule has 0 unspecified atom stereocenters. The number of nitrogens with one attached hydrogen (secondary N) is 2. The smallest absolute Gasteiger partial charge is 0.270 e. The maximum atomic E-state index is 12.1. The maximum Gasteiger partial charge on any atom is 0.270 e. The maximum absolute atomic E-state index is 12.1. The molecule has 2 aromatic carbocycles. The first-order chi connectivity index (χ1) is 11.7. The minimum absolute atomic E-state index is 0.172. The van der Waals surface area contributed by atoms with E-state index in [1.807, 2.05) is 48.5 Å². The lowest BCUT2D eigenvalue weighted by Crippen LogP contribution is -2.25. The summed E-state index contributed by atoms with van der Waals surface area (Å²) in [4.78, 5) is 16.5. The highest BCUT2D eigenvalue weighted by molar-refractivity contribution is 7.14. The molecule has 3 aromatic rings. The van der Waals surface area contributed by atoms with Gasteiger partial charge in [0.25, 0.3) is 5.91 Å². The molecular weight excluding hydrogens is 342 g/mol. The summed E-state index contributed by atoms with van der Waals surface area (Å²) in [5.74, 6) is -0.172. The Hall–Kier alpha value is -2.37. The molecule has 0 fully saturated rings. The minimum Gasteiger partial charge on any atom is -0.350 e. The van der Waals surface area contributed by atoms with Gasteiger partial charge in [0.1, 0.15) is 5.69 Å². The van der Waals surface area contributed by atoms with Crippen LogP contribution in [0.5, 0.6) is 0 Å². The van der Waals surface area contributed by atoms with Crippen LogP contribution in [0.4, 0.5) is 10.8 Å². The van der Waals surface area contributed by atoms with Crippen LogP contribution in [-0.2, 0) is 6.42 Å². The standard InChI is InChI=1S/C18H16ClN3OS/c19-14-8-4-5-9-15(14)21-18-22-16(12-24-18)17(23)20-11-10-13-6-2-1-3-7-13/h1-9,12H,10-11H2,(H,20,23)(H,21,22). The first kappa shape index (κ1) is 16.5. The minimum atomic E-state index is -0.172. The third-order valence-corrected chi connectivity index (χ3v) is 4.48. The van der Waals surface area contributed by atoms with Crippen LogP contribution in [0.1, 0.15) is 16.1 Å². The molecule has 0 saturated carbocycles. The van der Waals surface area contributed by atoms with Gasteiger partial charge in [-0.25, -0.2) is 4.98 Å². The average Bonchev–Trinajstić information content (AvgIpc) is 3.07. The highest BCUT2D eigenvalue weighted by Gasteiger charge is 2.11. The van der Waals surface area contributed by atoms with Gasteiger partial charge in [-0.1, -0.05) is 54.1 Å². The number of amides is 1. The molecule has 0 aliphatic carbocycles. The lowest BCUT2D eigenvalue weighted by molar-refractivity contribution is 0.0950. The van der Waals surface area contributed by atoms with Gasteiger partial charge in [-0.2, -0.15) is 0 Å². The number of nitrogens with zero attached hydrogens (tertiary/aromatic N) is 1. The zero-order valence-electron chi connectivity index (χ0n) is 12.8.